The minimum atomic E-state index is 0.00242. The third kappa shape index (κ3) is 3.36. The number of nitrogen functional groups attached to an aromatic ring is 1. The molecular formula is C28H23N7. The van der Waals surface area contributed by atoms with Crippen LogP contribution in [0.15, 0.2) is 95.3 Å². The van der Waals surface area contributed by atoms with Crippen LogP contribution in [0.1, 0.15) is 12.5 Å². The molecule has 0 amide bonds. The number of nitrogens with zero attached hydrogens (tertiary/aromatic N) is 4. The molecule has 4 N–H and O–H groups in total. The van der Waals surface area contributed by atoms with E-state index in [1.54, 1.807) is 11.1 Å². The van der Waals surface area contributed by atoms with Crippen molar-refractivity contribution in [3.05, 3.63) is 95.8 Å². The van der Waals surface area contributed by atoms with Crippen LogP contribution in [-0.4, -0.2) is 10.4 Å². The molecule has 3 aromatic carbocycles. The molecular weight excluding hydrogens is 434 g/mol. The summed E-state index contributed by atoms with van der Waals surface area (Å²) in [5.74, 6) is 0.00242. The number of fused-ring (bicyclic) bond motifs is 6. The van der Waals surface area contributed by atoms with Gasteiger partial charge in [0.25, 0.3) is 0 Å². The first-order valence-electron chi connectivity index (χ1n) is 11.4. The van der Waals surface area contributed by atoms with E-state index in [-0.39, 0.29) is 5.84 Å². The van der Waals surface area contributed by atoms with E-state index in [2.05, 4.69) is 46.1 Å². The van der Waals surface area contributed by atoms with Gasteiger partial charge in [0.2, 0.25) is 0 Å². The molecule has 0 spiro atoms. The number of amidine groups is 1. The van der Waals surface area contributed by atoms with Gasteiger partial charge in [-0.3, -0.25) is 5.41 Å². The zero-order chi connectivity index (χ0) is 24.1. The summed E-state index contributed by atoms with van der Waals surface area (Å²) >= 11 is 0. The molecule has 4 bridgehead atoms. The molecule has 0 radical (unpaired) electrons. The average molecular weight is 458 g/mol. The van der Waals surface area contributed by atoms with Crippen molar-refractivity contribution in [3.63, 3.8) is 0 Å². The Morgan fingerprint density at radius 3 is 2.49 bits per heavy atom. The molecule has 0 atom stereocenters. The molecule has 2 heterocycles. The highest BCUT2D eigenvalue weighted by atomic mass is 15.5. The fraction of sp³-hybridized carbons (Fsp3) is 0.0714. The quantitative estimate of drug-likeness (QED) is 0.167. The summed E-state index contributed by atoms with van der Waals surface area (Å²) in [6.07, 6.45) is 0. The number of aromatic nitrogens is 1. The van der Waals surface area contributed by atoms with Crippen LogP contribution >= 0.6 is 0 Å². The van der Waals surface area contributed by atoms with Crippen LogP contribution < -0.4 is 16.1 Å². The third-order valence-electron chi connectivity index (χ3n) is 6.44. The van der Waals surface area contributed by atoms with Gasteiger partial charge in [-0.15, -0.1) is 5.11 Å². The molecule has 170 valence electrons. The van der Waals surface area contributed by atoms with Crippen LogP contribution in [0.25, 0.3) is 33.3 Å². The van der Waals surface area contributed by atoms with Crippen LogP contribution in [0.3, 0.4) is 0 Å². The van der Waals surface area contributed by atoms with E-state index >= 15 is 0 Å². The Kier molecular flexibility index (Phi) is 4.70. The number of anilines is 2. The Balaban J connectivity index is 1.69. The molecule has 0 fully saturated rings. The van der Waals surface area contributed by atoms with Crippen LogP contribution in [0.2, 0.25) is 0 Å². The van der Waals surface area contributed by atoms with Gasteiger partial charge in [-0.25, -0.2) is 5.01 Å². The van der Waals surface area contributed by atoms with Gasteiger partial charge in [0, 0.05) is 28.6 Å². The van der Waals surface area contributed by atoms with Gasteiger partial charge in [0.1, 0.15) is 5.84 Å². The van der Waals surface area contributed by atoms with E-state index in [4.69, 9.17) is 16.6 Å². The first-order chi connectivity index (χ1) is 17.0. The molecule has 0 saturated carbocycles. The Morgan fingerprint density at radius 1 is 0.886 bits per heavy atom. The lowest BCUT2D eigenvalue weighted by Gasteiger charge is -2.25. The van der Waals surface area contributed by atoms with Crippen molar-refractivity contribution >= 4 is 33.7 Å². The van der Waals surface area contributed by atoms with Crippen LogP contribution in [0.4, 0.5) is 17.1 Å². The molecule has 0 aromatic heterocycles. The van der Waals surface area contributed by atoms with E-state index in [1.165, 1.54) is 0 Å². The summed E-state index contributed by atoms with van der Waals surface area (Å²) in [6.45, 7) is 2.88. The summed E-state index contributed by atoms with van der Waals surface area (Å²) in [6, 6.07) is 27.6. The highest BCUT2D eigenvalue weighted by Gasteiger charge is 2.20. The van der Waals surface area contributed by atoms with Gasteiger partial charge < -0.3 is 15.7 Å². The zero-order valence-electron chi connectivity index (χ0n) is 19.2. The van der Waals surface area contributed by atoms with Crippen molar-refractivity contribution in [2.75, 3.05) is 5.01 Å². The average Bonchev–Trinajstić information content (AvgIpc) is 2.87. The molecule has 0 unspecified atom stereocenters. The highest BCUT2D eigenvalue weighted by molar-refractivity contribution is 6.06. The molecule has 3 aromatic rings. The maximum absolute atomic E-state index is 8.24. The Labute approximate surface area is 202 Å². The van der Waals surface area contributed by atoms with E-state index in [1.807, 2.05) is 54.6 Å². The lowest BCUT2D eigenvalue weighted by atomic mass is 9.94. The Bertz CT molecular complexity index is 1700. The molecule has 1 aliphatic carbocycles. The fourth-order valence-corrected chi connectivity index (χ4v) is 4.85. The molecule has 3 aliphatic rings. The maximum Gasteiger partial charge on any atom is 0.122 e. The second kappa shape index (κ2) is 7.92. The summed E-state index contributed by atoms with van der Waals surface area (Å²) in [5.41, 5.74) is 13.0. The van der Waals surface area contributed by atoms with Crippen molar-refractivity contribution in [1.29, 1.82) is 10.8 Å². The van der Waals surface area contributed by atoms with Gasteiger partial charge >= 0.3 is 0 Å². The predicted octanol–water partition coefficient (Wildman–Crippen LogP) is 6.35. The van der Waals surface area contributed by atoms with Crippen molar-refractivity contribution in [2.45, 2.75) is 13.5 Å². The first-order valence-corrected chi connectivity index (χ1v) is 11.4. The monoisotopic (exact) mass is 457 g/mol. The fourth-order valence-electron chi connectivity index (χ4n) is 4.85. The molecule has 0 saturated heterocycles. The smallest absolute Gasteiger partial charge is 0.122 e. The molecule has 7 heteroatoms. The van der Waals surface area contributed by atoms with Crippen LogP contribution in [-0.2, 0) is 6.54 Å². The van der Waals surface area contributed by atoms with E-state index in [9.17, 15) is 0 Å². The van der Waals surface area contributed by atoms with Crippen molar-refractivity contribution in [2.24, 2.45) is 16.1 Å². The number of rotatable bonds is 3. The van der Waals surface area contributed by atoms with Crippen molar-refractivity contribution < 1.29 is 0 Å². The molecule has 35 heavy (non-hydrogen) atoms. The minimum Gasteiger partial charge on any atom is -0.384 e. The topological polar surface area (TPSA) is 107 Å². The second-order valence-corrected chi connectivity index (χ2v) is 8.57. The number of hydrogen-bond donors (Lipinski definition) is 3. The Morgan fingerprint density at radius 2 is 1.69 bits per heavy atom. The lowest BCUT2D eigenvalue weighted by Crippen LogP contribution is -2.14. The largest absolute Gasteiger partial charge is 0.384 e. The number of pyridine rings is 1. The normalized spacial score (nSPS) is 12.4. The number of benzene rings is 4. The van der Waals surface area contributed by atoms with Gasteiger partial charge in [0.15, 0.2) is 0 Å². The SMILES string of the molecule is CCn1c2cc(=N)ccc-2c2ccc3cc2c1-c1cccc(c1)N(c1cccc(C(=N)N)c1)N=N3. The molecule has 6 rings (SSSR count). The number of hydrogen-bond acceptors (Lipinski definition) is 5. The third-order valence-corrected chi connectivity index (χ3v) is 6.44. The standard InChI is InChI=1S/C28H23N7/c1-2-34-26-15-19(29)9-11-24(26)23-12-10-20-16-25(23)27(34)17-5-3-7-21(13-17)35(33-32-20)22-8-4-6-18(14-22)28(30)31/h3-16,29H,2H2,1H3,(H3,30,31). The van der Waals surface area contributed by atoms with E-state index < -0.39 is 0 Å². The summed E-state index contributed by atoms with van der Waals surface area (Å²) in [5, 5.41) is 29.7. The number of nitrogens with two attached hydrogens (primary N) is 1. The summed E-state index contributed by atoms with van der Waals surface area (Å²) in [4.78, 5) is 0. The maximum atomic E-state index is 8.24. The van der Waals surface area contributed by atoms with Crippen molar-refractivity contribution in [3.8, 4) is 22.5 Å². The van der Waals surface area contributed by atoms with Crippen LogP contribution in [0, 0.1) is 10.8 Å². The summed E-state index contributed by atoms with van der Waals surface area (Å²) in [7, 11) is 0. The van der Waals surface area contributed by atoms with Gasteiger partial charge in [-0.2, -0.15) is 0 Å². The second-order valence-electron chi connectivity index (χ2n) is 8.57. The van der Waals surface area contributed by atoms with Gasteiger partial charge in [-0.1, -0.05) is 41.6 Å². The van der Waals surface area contributed by atoms with E-state index in [0.717, 1.165) is 56.9 Å². The molecule has 2 aliphatic heterocycles. The number of nitrogens with one attached hydrogen (secondary N) is 2. The molecule has 7 nitrogen and oxygen atoms in total. The lowest BCUT2D eigenvalue weighted by molar-refractivity contribution is 0.776. The van der Waals surface area contributed by atoms with E-state index in [0.29, 0.717) is 10.9 Å². The first kappa shape index (κ1) is 20.8. The van der Waals surface area contributed by atoms with Gasteiger partial charge in [0.05, 0.1) is 33.8 Å². The van der Waals surface area contributed by atoms with Crippen molar-refractivity contribution in [1.82, 2.24) is 4.57 Å². The zero-order valence-corrected chi connectivity index (χ0v) is 19.2. The Hall–Kier alpha value is -4.78. The summed E-state index contributed by atoms with van der Waals surface area (Å²) < 4.78 is 2.28. The predicted molar refractivity (Wildman–Crippen MR) is 140 cm³/mol. The van der Waals surface area contributed by atoms with Crippen LogP contribution in [0.5, 0.6) is 0 Å². The van der Waals surface area contributed by atoms with Gasteiger partial charge in [-0.05, 0) is 60.8 Å². The highest BCUT2D eigenvalue weighted by Crippen LogP contribution is 2.42. The minimum absolute atomic E-state index is 0.00242.